The fraction of sp³-hybridized carbons (Fsp3) is 0.864. The zero-order valence-corrected chi connectivity index (χ0v) is 16.1. The lowest BCUT2D eigenvalue weighted by atomic mass is 9.47. The van der Waals surface area contributed by atoms with Crippen LogP contribution in [0.15, 0.2) is 11.6 Å². The van der Waals surface area contributed by atoms with E-state index in [1.807, 2.05) is 0 Å². The molecule has 4 fully saturated rings. The van der Waals surface area contributed by atoms with E-state index < -0.39 is 5.60 Å². The van der Waals surface area contributed by atoms with Gasteiger partial charge in [-0.1, -0.05) is 25.5 Å². The number of hydrogen-bond donors (Lipinski definition) is 1. The van der Waals surface area contributed by atoms with Gasteiger partial charge in [-0.15, -0.1) is 0 Å². The molecule has 1 N–H and O–H groups in total. The lowest BCUT2D eigenvalue weighted by Crippen LogP contribution is -2.55. The smallest absolute Gasteiger partial charge is 0.172 e. The summed E-state index contributed by atoms with van der Waals surface area (Å²) in [4.78, 5) is 0. The van der Waals surface area contributed by atoms with E-state index in [-0.39, 0.29) is 16.6 Å². The predicted molar refractivity (Wildman–Crippen MR) is 96.9 cm³/mol. The highest BCUT2D eigenvalue weighted by Crippen LogP contribution is 2.67. The van der Waals surface area contributed by atoms with Gasteiger partial charge in [0.25, 0.3) is 0 Å². The second-order valence-electron chi connectivity index (χ2n) is 10.0. The third kappa shape index (κ3) is 2.00. The van der Waals surface area contributed by atoms with Gasteiger partial charge < -0.3 is 14.6 Å². The molecule has 0 aromatic heterocycles. The van der Waals surface area contributed by atoms with E-state index in [1.54, 1.807) is 5.57 Å². The number of nitriles is 1. The van der Waals surface area contributed by atoms with Crippen molar-refractivity contribution in [2.45, 2.75) is 76.6 Å². The van der Waals surface area contributed by atoms with E-state index in [9.17, 15) is 10.4 Å². The first kappa shape index (κ1) is 17.2. The molecule has 4 nitrogen and oxygen atoms in total. The topological polar surface area (TPSA) is 62.5 Å². The van der Waals surface area contributed by atoms with Gasteiger partial charge in [0.1, 0.15) is 0 Å². The summed E-state index contributed by atoms with van der Waals surface area (Å²) < 4.78 is 12.0. The van der Waals surface area contributed by atoms with Crippen LogP contribution in [0, 0.1) is 39.9 Å². The molecular weight excluding hydrogens is 326 g/mol. The molecule has 3 saturated carbocycles. The lowest BCUT2D eigenvalue weighted by Gasteiger charge is -2.59. The summed E-state index contributed by atoms with van der Waals surface area (Å²) in [6.45, 7) is 6.10. The molecule has 5 aliphatic rings. The maximum atomic E-state index is 11.0. The van der Waals surface area contributed by atoms with Gasteiger partial charge >= 0.3 is 0 Å². The summed E-state index contributed by atoms with van der Waals surface area (Å²) >= 11 is 0. The molecule has 0 amide bonds. The van der Waals surface area contributed by atoms with Crippen molar-refractivity contribution >= 4 is 0 Å². The van der Waals surface area contributed by atoms with Gasteiger partial charge in [-0.3, -0.25) is 0 Å². The monoisotopic (exact) mass is 357 g/mol. The summed E-state index contributed by atoms with van der Waals surface area (Å²) in [5, 5.41) is 20.6. The number of fused-ring (bicyclic) bond motifs is 5. The zero-order chi connectivity index (χ0) is 18.2. The highest BCUT2D eigenvalue weighted by molar-refractivity contribution is 5.28. The molecule has 4 aliphatic carbocycles. The Bertz CT molecular complexity index is 690. The van der Waals surface area contributed by atoms with Crippen molar-refractivity contribution in [2.24, 2.45) is 28.6 Å². The molecule has 1 spiro atoms. The van der Waals surface area contributed by atoms with Gasteiger partial charge in [-0.05, 0) is 61.7 Å². The molecule has 0 bridgehead atoms. The summed E-state index contributed by atoms with van der Waals surface area (Å²) in [7, 11) is 0. The van der Waals surface area contributed by atoms with Crippen LogP contribution in [-0.2, 0) is 9.47 Å². The highest BCUT2D eigenvalue weighted by atomic mass is 16.7. The van der Waals surface area contributed by atoms with Crippen molar-refractivity contribution in [1.82, 2.24) is 0 Å². The Balaban J connectivity index is 1.47. The van der Waals surface area contributed by atoms with Gasteiger partial charge in [-0.25, -0.2) is 0 Å². The van der Waals surface area contributed by atoms with Gasteiger partial charge in [-0.2, -0.15) is 5.26 Å². The Kier molecular flexibility index (Phi) is 3.54. The number of ether oxygens (including phenoxy) is 2. The van der Waals surface area contributed by atoms with Crippen LogP contribution in [0.1, 0.15) is 65.2 Å². The molecule has 5 rings (SSSR count). The van der Waals surface area contributed by atoms with E-state index in [1.165, 1.54) is 0 Å². The van der Waals surface area contributed by atoms with Crippen LogP contribution < -0.4 is 0 Å². The summed E-state index contributed by atoms with van der Waals surface area (Å²) in [6.07, 6.45) is 10.4. The molecule has 142 valence electrons. The first-order chi connectivity index (χ1) is 12.4. The van der Waals surface area contributed by atoms with Gasteiger partial charge in [0.2, 0.25) is 0 Å². The molecule has 1 aliphatic heterocycles. The Morgan fingerprint density at radius 2 is 1.81 bits per heavy atom. The number of allylic oxidation sites excluding steroid dienone is 1. The van der Waals surface area contributed by atoms with Crippen LogP contribution in [0.5, 0.6) is 0 Å². The van der Waals surface area contributed by atoms with Crippen molar-refractivity contribution in [3.63, 3.8) is 0 Å². The predicted octanol–water partition coefficient (Wildman–Crippen LogP) is 3.95. The maximum Gasteiger partial charge on any atom is 0.172 e. The van der Waals surface area contributed by atoms with Crippen molar-refractivity contribution < 1.29 is 14.6 Å². The number of nitrogens with zero attached hydrogens (tertiary/aromatic N) is 1. The van der Waals surface area contributed by atoms with Crippen LogP contribution >= 0.6 is 0 Å². The average Bonchev–Trinajstić information content (AvgIpc) is 3.19. The van der Waals surface area contributed by atoms with Crippen molar-refractivity contribution in [3.8, 4) is 6.07 Å². The minimum Gasteiger partial charge on any atom is -0.375 e. The normalized spacial score (nSPS) is 51.9. The maximum absolute atomic E-state index is 11.0. The summed E-state index contributed by atoms with van der Waals surface area (Å²) in [5.74, 6) is 1.38. The molecule has 0 aromatic carbocycles. The molecule has 26 heavy (non-hydrogen) atoms. The third-order valence-electron chi connectivity index (χ3n) is 9.26. The fourth-order valence-corrected chi connectivity index (χ4v) is 7.55. The quantitative estimate of drug-likeness (QED) is 0.527. The number of hydrogen-bond acceptors (Lipinski definition) is 4. The average molecular weight is 357 g/mol. The van der Waals surface area contributed by atoms with Crippen LogP contribution in [0.4, 0.5) is 0 Å². The fourth-order valence-electron chi connectivity index (χ4n) is 7.55. The largest absolute Gasteiger partial charge is 0.375 e. The number of aliphatic hydroxyl groups is 1. The number of rotatable bonds is 0. The van der Waals surface area contributed by atoms with E-state index in [4.69, 9.17) is 9.47 Å². The van der Waals surface area contributed by atoms with Gasteiger partial charge in [0.05, 0.1) is 19.3 Å². The second kappa shape index (κ2) is 5.34. The molecule has 1 heterocycles. The Morgan fingerprint density at radius 1 is 1.08 bits per heavy atom. The van der Waals surface area contributed by atoms with Gasteiger partial charge in [0.15, 0.2) is 11.4 Å². The van der Waals surface area contributed by atoms with E-state index in [2.05, 4.69) is 26.0 Å². The third-order valence-corrected chi connectivity index (χ3v) is 9.26. The zero-order valence-electron chi connectivity index (χ0n) is 16.1. The Hall–Kier alpha value is -0.890. The van der Waals surface area contributed by atoms with Crippen molar-refractivity contribution in [2.75, 3.05) is 13.2 Å². The molecular formula is C22H31NO3. The Labute approximate surface area is 156 Å². The SMILES string of the molecule is C[C@]12CCC3(CC1=CC[C@H]1[C@H]2CC[C@@]2(C)[C@H]1CC[C@]2(O)C#N)OCCO3. The molecule has 6 atom stereocenters. The molecule has 0 radical (unpaired) electrons. The Morgan fingerprint density at radius 3 is 2.54 bits per heavy atom. The van der Waals surface area contributed by atoms with Gasteiger partial charge in [0, 0.05) is 18.3 Å². The van der Waals surface area contributed by atoms with E-state index >= 15 is 0 Å². The molecule has 1 saturated heterocycles. The minimum absolute atomic E-state index is 0.234. The standard InChI is InChI=1S/C22H31NO3/c1-19-9-10-22(25-11-12-26-22)13-15(19)3-4-16-17(19)5-7-20(2)18(16)6-8-21(20,24)14-23/h3,16-18,24H,4-13H2,1-2H3/t16-,17+,18-,19-,20-,21-/m0/s1. The summed E-state index contributed by atoms with van der Waals surface area (Å²) in [6, 6.07) is 2.28. The van der Waals surface area contributed by atoms with Crippen LogP contribution in [-0.4, -0.2) is 29.7 Å². The van der Waals surface area contributed by atoms with Crippen LogP contribution in [0.3, 0.4) is 0 Å². The van der Waals surface area contributed by atoms with Crippen LogP contribution in [0.25, 0.3) is 0 Å². The summed E-state index contributed by atoms with van der Waals surface area (Å²) in [5.41, 5.74) is 0.412. The molecule has 0 aromatic rings. The highest BCUT2D eigenvalue weighted by Gasteiger charge is 2.64. The first-order valence-electron chi connectivity index (χ1n) is 10.5. The van der Waals surface area contributed by atoms with Crippen LogP contribution in [0.2, 0.25) is 0 Å². The van der Waals surface area contributed by atoms with E-state index in [0.29, 0.717) is 24.2 Å². The molecule has 4 heteroatoms. The van der Waals surface area contributed by atoms with Crippen molar-refractivity contribution in [1.29, 1.82) is 5.26 Å². The minimum atomic E-state index is -1.13. The second-order valence-corrected chi connectivity index (χ2v) is 10.0. The first-order valence-corrected chi connectivity index (χ1v) is 10.5. The van der Waals surface area contributed by atoms with E-state index in [0.717, 1.165) is 58.2 Å². The van der Waals surface area contributed by atoms with Crippen molar-refractivity contribution in [3.05, 3.63) is 11.6 Å². The lowest BCUT2D eigenvalue weighted by molar-refractivity contribution is -0.186. The molecule has 0 unspecified atom stereocenters.